The van der Waals surface area contributed by atoms with E-state index < -0.39 is 17.4 Å². The number of carboxylic acid groups (broad SMARTS) is 1. The number of hydrogen-bond donors (Lipinski definition) is 2. The fourth-order valence-corrected chi connectivity index (χ4v) is 3.44. The summed E-state index contributed by atoms with van der Waals surface area (Å²) in [5, 5.41) is 12.5. The van der Waals surface area contributed by atoms with Gasteiger partial charge in [-0.25, -0.2) is 0 Å². The summed E-state index contributed by atoms with van der Waals surface area (Å²) in [6, 6.07) is 16.0. The highest BCUT2D eigenvalue weighted by Crippen LogP contribution is 2.36. The molecule has 2 aromatic carbocycles. The highest BCUT2D eigenvalue weighted by atomic mass is 16.5. The van der Waals surface area contributed by atoms with E-state index in [0.717, 1.165) is 5.56 Å². The molecular weight excluding hydrogens is 344 g/mol. The normalized spacial score (nSPS) is 20.8. The average molecular weight is 368 g/mol. The van der Waals surface area contributed by atoms with Gasteiger partial charge in [-0.2, -0.15) is 0 Å². The van der Waals surface area contributed by atoms with Gasteiger partial charge in [-0.1, -0.05) is 30.3 Å². The van der Waals surface area contributed by atoms with Gasteiger partial charge in [0.05, 0.1) is 12.5 Å². The number of carbonyl (C=O) groups is 2. The van der Waals surface area contributed by atoms with E-state index in [1.807, 2.05) is 35.2 Å². The number of nitrogens with one attached hydrogen (secondary N) is 1. The van der Waals surface area contributed by atoms with Crippen molar-refractivity contribution in [3.05, 3.63) is 60.2 Å². The second kappa shape index (κ2) is 7.80. The van der Waals surface area contributed by atoms with Crippen LogP contribution in [0, 0.1) is 5.41 Å². The summed E-state index contributed by atoms with van der Waals surface area (Å²) in [5.41, 5.74) is 0.674. The van der Waals surface area contributed by atoms with Crippen LogP contribution in [0.5, 0.6) is 5.75 Å². The fraction of sp³-hybridized carbons (Fsp3) is 0.333. The Morgan fingerprint density at radius 2 is 1.81 bits per heavy atom. The molecule has 0 spiro atoms. The molecule has 2 N–H and O–H groups in total. The number of ether oxygens (including phenoxy) is 1. The Morgan fingerprint density at radius 3 is 2.37 bits per heavy atom. The lowest BCUT2D eigenvalue weighted by Crippen LogP contribution is -2.38. The molecule has 1 aliphatic rings. The summed E-state index contributed by atoms with van der Waals surface area (Å²) in [5.74, 6) is -0.294. The molecule has 0 bridgehead atoms. The number of anilines is 1. The quantitative estimate of drug-likeness (QED) is 0.819. The van der Waals surface area contributed by atoms with Crippen molar-refractivity contribution >= 4 is 17.6 Å². The van der Waals surface area contributed by atoms with Crippen LogP contribution in [0.3, 0.4) is 0 Å². The Hall–Kier alpha value is -2.86. The third-order valence-corrected chi connectivity index (χ3v) is 5.11. The Labute approximate surface area is 158 Å². The maximum Gasteiger partial charge on any atom is 0.310 e. The van der Waals surface area contributed by atoms with E-state index in [0.29, 0.717) is 30.9 Å². The minimum atomic E-state index is -0.840. The maximum atomic E-state index is 13.1. The van der Waals surface area contributed by atoms with Gasteiger partial charge in [0.25, 0.3) is 0 Å². The van der Waals surface area contributed by atoms with Gasteiger partial charge in [0, 0.05) is 18.8 Å². The molecule has 0 aromatic heterocycles. The summed E-state index contributed by atoms with van der Waals surface area (Å²) in [6.07, 6.45) is 0.515. The van der Waals surface area contributed by atoms with Crippen LogP contribution in [-0.4, -0.2) is 42.1 Å². The number of carboxylic acids is 1. The van der Waals surface area contributed by atoms with Crippen LogP contribution in [0.1, 0.15) is 24.9 Å². The zero-order chi connectivity index (χ0) is 19.4. The van der Waals surface area contributed by atoms with Gasteiger partial charge in [0.1, 0.15) is 11.8 Å². The summed E-state index contributed by atoms with van der Waals surface area (Å²) in [4.78, 5) is 26.7. The first-order valence-electron chi connectivity index (χ1n) is 8.90. The molecule has 6 nitrogen and oxygen atoms in total. The highest BCUT2D eigenvalue weighted by molar-refractivity contribution is 5.95. The number of hydrogen-bond acceptors (Lipinski definition) is 4. The largest absolute Gasteiger partial charge is 0.497 e. The van der Waals surface area contributed by atoms with Gasteiger partial charge in [-0.15, -0.1) is 0 Å². The van der Waals surface area contributed by atoms with Crippen molar-refractivity contribution in [3.8, 4) is 5.75 Å². The lowest BCUT2D eigenvalue weighted by molar-refractivity contribution is -0.147. The van der Waals surface area contributed by atoms with Gasteiger partial charge >= 0.3 is 5.97 Å². The first-order valence-corrected chi connectivity index (χ1v) is 8.90. The molecule has 0 radical (unpaired) electrons. The van der Waals surface area contributed by atoms with Crippen molar-refractivity contribution in [2.75, 3.05) is 25.5 Å². The Kier molecular flexibility index (Phi) is 5.46. The third-order valence-electron chi connectivity index (χ3n) is 5.11. The Bertz CT molecular complexity index is 807. The fourth-order valence-electron chi connectivity index (χ4n) is 3.44. The van der Waals surface area contributed by atoms with Crippen LogP contribution in [0.25, 0.3) is 0 Å². The zero-order valence-corrected chi connectivity index (χ0v) is 15.5. The zero-order valence-electron chi connectivity index (χ0n) is 15.5. The molecule has 3 rings (SSSR count). The number of aliphatic carboxylic acids is 1. The standard InChI is InChI=1S/C21H24N2O4/c1-21(20(25)26)12-13-23(14-21)18(15-6-4-3-5-7-15)19(24)22-16-8-10-17(27-2)11-9-16/h3-11,18H,12-14H2,1-2H3,(H,22,24)(H,25,26). The molecule has 1 aliphatic heterocycles. The molecule has 27 heavy (non-hydrogen) atoms. The number of likely N-dealkylation sites (tertiary alicyclic amines) is 1. The molecule has 1 amide bonds. The first kappa shape index (κ1) is 18.9. The Morgan fingerprint density at radius 1 is 1.15 bits per heavy atom. The van der Waals surface area contributed by atoms with Crippen LogP contribution in [0.2, 0.25) is 0 Å². The third kappa shape index (κ3) is 4.11. The second-order valence-electron chi connectivity index (χ2n) is 7.12. The smallest absolute Gasteiger partial charge is 0.310 e. The van der Waals surface area contributed by atoms with Crippen LogP contribution in [0.15, 0.2) is 54.6 Å². The molecule has 2 aromatic rings. The van der Waals surface area contributed by atoms with Crippen molar-refractivity contribution in [3.63, 3.8) is 0 Å². The number of carbonyl (C=O) groups excluding carboxylic acids is 1. The van der Waals surface area contributed by atoms with E-state index in [2.05, 4.69) is 5.32 Å². The number of rotatable bonds is 6. The topological polar surface area (TPSA) is 78.9 Å². The van der Waals surface area contributed by atoms with E-state index in [9.17, 15) is 14.7 Å². The second-order valence-corrected chi connectivity index (χ2v) is 7.12. The van der Waals surface area contributed by atoms with Gasteiger partial charge in [0.15, 0.2) is 0 Å². The van der Waals surface area contributed by atoms with E-state index in [-0.39, 0.29) is 5.91 Å². The molecule has 2 unspecified atom stereocenters. The molecule has 6 heteroatoms. The lowest BCUT2D eigenvalue weighted by Gasteiger charge is -2.28. The van der Waals surface area contributed by atoms with E-state index in [1.165, 1.54) is 0 Å². The minimum absolute atomic E-state index is 0.180. The molecule has 142 valence electrons. The summed E-state index contributed by atoms with van der Waals surface area (Å²) < 4.78 is 5.14. The van der Waals surface area contributed by atoms with Crippen molar-refractivity contribution in [1.29, 1.82) is 0 Å². The minimum Gasteiger partial charge on any atom is -0.497 e. The first-order chi connectivity index (χ1) is 12.9. The molecule has 0 aliphatic carbocycles. The Balaban J connectivity index is 1.84. The summed E-state index contributed by atoms with van der Waals surface area (Å²) in [6.45, 7) is 2.62. The van der Waals surface area contributed by atoms with Crippen molar-refractivity contribution < 1.29 is 19.4 Å². The summed E-state index contributed by atoms with van der Waals surface area (Å²) in [7, 11) is 1.59. The van der Waals surface area contributed by atoms with Gasteiger partial charge < -0.3 is 15.2 Å². The SMILES string of the molecule is COc1ccc(NC(=O)C(c2ccccc2)N2CCC(C)(C(=O)O)C2)cc1. The van der Waals surface area contributed by atoms with Crippen molar-refractivity contribution in [1.82, 2.24) is 4.90 Å². The van der Waals surface area contributed by atoms with E-state index >= 15 is 0 Å². The van der Waals surface area contributed by atoms with Gasteiger partial charge in [-0.05, 0) is 43.2 Å². The van der Waals surface area contributed by atoms with Crippen LogP contribution in [-0.2, 0) is 9.59 Å². The van der Waals surface area contributed by atoms with Crippen molar-refractivity contribution in [2.24, 2.45) is 5.41 Å². The predicted molar refractivity (Wildman–Crippen MR) is 103 cm³/mol. The molecule has 1 heterocycles. The van der Waals surface area contributed by atoms with Gasteiger partial charge in [0.2, 0.25) is 5.91 Å². The number of benzene rings is 2. The highest BCUT2D eigenvalue weighted by Gasteiger charge is 2.44. The van der Waals surface area contributed by atoms with Gasteiger partial charge in [-0.3, -0.25) is 14.5 Å². The van der Waals surface area contributed by atoms with Crippen LogP contribution in [0.4, 0.5) is 5.69 Å². The lowest BCUT2D eigenvalue weighted by atomic mass is 9.90. The monoisotopic (exact) mass is 368 g/mol. The number of amides is 1. The maximum absolute atomic E-state index is 13.1. The van der Waals surface area contributed by atoms with Crippen molar-refractivity contribution in [2.45, 2.75) is 19.4 Å². The molecular formula is C21H24N2O4. The number of methoxy groups -OCH3 is 1. The molecule has 1 saturated heterocycles. The van der Waals surface area contributed by atoms with Crippen LogP contribution < -0.4 is 10.1 Å². The summed E-state index contributed by atoms with van der Waals surface area (Å²) >= 11 is 0. The van der Waals surface area contributed by atoms with Crippen LogP contribution >= 0.6 is 0 Å². The molecule has 0 saturated carbocycles. The predicted octanol–water partition coefficient (Wildman–Crippen LogP) is 3.17. The molecule has 2 atom stereocenters. The average Bonchev–Trinajstić information content (AvgIpc) is 3.06. The van der Waals surface area contributed by atoms with E-state index in [4.69, 9.17) is 4.74 Å². The molecule has 1 fully saturated rings. The number of nitrogens with zero attached hydrogens (tertiary/aromatic N) is 1. The van der Waals surface area contributed by atoms with E-state index in [1.54, 1.807) is 38.3 Å².